The van der Waals surface area contributed by atoms with Gasteiger partial charge < -0.3 is 15.7 Å². The lowest BCUT2D eigenvalue weighted by molar-refractivity contribution is -0.155. The molecule has 108 valence electrons. The lowest BCUT2D eigenvalue weighted by Crippen LogP contribution is -2.53. The summed E-state index contributed by atoms with van der Waals surface area (Å²) in [6, 6.07) is -0.608. The van der Waals surface area contributed by atoms with Crippen molar-refractivity contribution in [1.29, 1.82) is 0 Å². The normalized spacial score (nSPS) is 24.8. The first-order valence-electron chi connectivity index (χ1n) is 6.85. The van der Waals surface area contributed by atoms with E-state index in [2.05, 4.69) is 6.58 Å². The lowest BCUT2D eigenvalue weighted by atomic mass is 9.76. The van der Waals surface area contributed by atoms with E-state index in [1.54, 1.807) is 11.0 Å². The Balaban J connectivity index is 2.79. The SMILES string of the molecule is C=CCC(N)C(=O)N1CCCC(CCC)(C(=O)O)C1. The Morgan fingerprint density at radius 3 is 2.79 bits per heavy atom. The molecule has 0 aromatic rings. The third-order valence-corrected chi connectivity index (χ3v) is 3.81. The zero-order valence-electron chi connectivity index (χ0n) is 11.6. The number of hydrogen-bond acceptors (Lipinski definition) is 3. The lowest BCUT2D eigenvalue weighted by Gasteiger charge is -2.40. The van der Waals surface area contributed by atoms with Gasteiger partial charge in [-0.25, -0.2) is 0 Å². The number of carboxylic acid groups (broad SMARTS) is 1. The van der Waals surface area contributed by atoms with Crippen molar-refractivity contribution in [2.45, 2.75) is 45.1 Å². The van der Waals surface area contributed by atoms with Crippen LogP contribution in [0.3, 0.4) is 0 Å². The molecule has 0 bridgehead atoms. The third-order valence-electron chi connectivity index (χ3n) is 3.81. The fraction of sp³-hybridized carbons (Fsp3) is 0.714. The summed E-state index contributed by atoms with van der Waals surface area (Å²) in [6.07, 6.45) is 4.79. The summed E-state index contributed by atoms with van der Waals surface area (Å²) >= 11 is 0. The van der Waals surface area contributed by atoms with Crippen molar-refractivity contribution in [3.05, 3.63) is 12.7 Å². The first-order chi connectivity index (χ1) is 8.96. The highest BCUT2D eigenvalue weighted by Gasteiger charge is 2.43. The number of rotatable bonds is 6. The van der Waals surface area contributed by atoms with Gasteiger partial charge in [-0.05, 0) is 25.7 Å². The van der Waals surface area contributed by atoms with Crippen LogP contribution in [0.4, 0.5) is 0 Å². The van der Waals surface area contributed by atoms with Crippen molar-refractivity contribution in [2.75, 3.05) is 13.1 Å². The van der Waals surface area contributed by atoms with Gasteiger partial charge in [0.05, 0.1) is 11.5 Å². The molecule has 2 atom stereocenters. The van der Waals surface area contributed by atoms with Crippen molar-refractivity contribution >= 4 is 11.9 Å². The summed E-state index contributed by atoms with van der Waals surface area (Å²) in [7, 11) is 0. The summed E-state index contributed by atoms with van der Waals surface area (Å²) in [4.78, 5) is 25.3. The number of carbonyl (C=O) groups excluding carboxylic acids is 1. The van der Waals surface area contributed by atoms with Crippen LogP contribution in [-0.2, 0) is 9.59 Å². The van der Waals surface area contributed by atoms with E-state index >= 15 is 0 Å². The molecule has 0 spiro atoms. The van der Waals surface area contributed by atoms with Gasteiger partial charge >= 0.3 is 5.97 Å². The number of nitrogens with zero attached hydrogens (tertiary/aromatic N) is 1. The molecule has 2 unspecified atom stereocenters. The predicted octanol–water partition coefficient (Wildman–Crippen LogP) is 1.38. The Morgan fingerprint density at radius 1 is 1.58 bits per heavy atom. The van der Waals surface area contributed by atoms with E-state index in [1.807, 2.05) is 6.92 Å². The second-order valence-electron chi connectivity index (χ2n) is 5.33. The molecule has 0 aliphatic carbocycles. The largest absolute Gasteiger partial charge is 0.481 e. The Hall–Kier alpha value is -1.36. The predicted molar refractivity (Wildman–Crippen MR) is 73.6 cm³/mol. The molecule has 0 saturated carbocycles. The summed E-state index contributed by atoms with van der Waals surface area (Å²) in [5.74, 6) is -0.967. The molecule has 3 N–H and O–H groups in total. The van der Waals surface area contributed by atoms with Gasteiger partial charge in [0.2, 0.25) is 5.91 Å². The zero-order chi connectivity index (χ0) is 14.5. The van der Waals surface area contributed by atoms with Gasteiger partial charge in [0.25, 0.3) is 0 Å². The van der Waals surface area contributed by atoms with Crippen molar-refractivity contribution in [1.82, 2.24) is 4.90 Å². The Kier molecular flexibility index (Phi) is 5.54. The maximum atomic E-state index is 12.2. The standard InChI is InChI=1S/C14H24N2O3/c1-3-6-11(15)12(17)16-9-5-8-14(10-16,7-4-2)13(18)19/h3,11H,1,4-10,15H2,2H3,(H,18,19). The number of amides is 1. The highest BCUT2D eigenvalue weighted by atomic mass is 16.4. The molecule has 5 heteroatoms. The molecule has 1 rings (SSSR count). The monoisotopic (exact) mass is 268 g/mol. The van der Waals surface area contributed by atoms with E-state index in [-0.39, 0.29) is 12.5 Å². The van der Waals surface area contributed by atoms with E-state index in [9.17, 15) is 14.7 Å². The number of hydrogen-bond donors (Lipinski definition) is 2. The molecular formula is C14H24N2O3. The Bertz CT molecular complexity index is 353. The minimum Gasteiger partial charge on any atom is -0.481 e. The third kappa shape index (κ3) is 3.56. The molecule has 1 aliphatic heterocycles. The van der Waals surface area contributed by atoms with Gasteiger partial charge in [-0.3, -0.25) is 9.59 Å². The van der Waals surface area contributed by atoms with Crippen LogP contribution in [0.5, 0.6) is 0 Å². The molecule has 1 amide bonds. The number of carboxylic acids is 1. The van der Waals surface area contributed by atoms with E-state index in [0.717, 1.165) is 12.8 Å². The van der Waals surface area contributed by atoms with Crippen molar-refractivity contribution < 1.29 is 14.7 Å². The van der Waals surface area contributed by atoms with Gasteiger partial charge in [0.15, 0.2) is 0 Å². The number of aliphatic carboxylic acids is 1. The quantitative estimate of drug-likeness (QED) is 0.713. The minimum absolute atomic E-state index is 0.165. The van der Waals surface area contributed by atoms with Crippen LogP contribution in [0, 0.1) is 5.41 Å². The highest BCUT2D eigenvalue weighted by Crippen LogP contribution is 2.35. The molecule has 19 heavy (non-hydrogen) atoms. The molecule has 1 fully saturated rings. The van der Waals surface area contributed by atoms with E-state index < -0.39 is 17.4 Å². The smallest absolute Gasteiger partial charge is 0.311 e. The summed E-state index contributed by atoms with van der Waals surface area (Å²) < 4.78 is 0. The maximum Gasteiger partial charge on any atom is 0.311 e. The zero-order valence-corrected chi connectivity index (χ0v) is 11.6. The van der Waals surface area contributed by atoms with Crippen LogP contribution in [0.2, 0.25) is 0 Å². The minimum atomic E-state index is -0.802. The molecule has 0 radical (unpaired) electrons. The van der Waals surface area contributed by atoms with E-state index in [0.29, 0.717) is 25.8 Å². The highest BCUT2D eigenvalue weighted by molar-refractivity contribution is 5.83. The van der Waals surface area contributed by atoms with Crippen LogP contribution in [0.25, 0.3) is 0 Å². The van der Waals surface area contributed by atoms with Crippen LogP contribution in [-0.4, -0.2) is 41.0 Å². The van der Waals surface area contributed by atoms with E-state index in [4.69, 9.17) is 5.73 Å². The van der Waals surface area contributed by atoms with Gasteiger partial charge in [-0.15, -0.1) is 6.58 Å². The van der Waals surface area contributed by atoms with Crippen molar-refractivity contribution in [2.24, 2.45) is 11.1 Å². The average Bonchev–Trinajstić information content (AvgIpc) is 2.38. The fourth-order valence-corrected chi connectivity index (χ4v) is 2.80. The van der Waals surface area contributed by atoms with Crippen LogP contribution in [0.15, 0.2) is 12.7 Å². The number of carbonyl (C=O) groups is 2. The topological polar surface area (TPSA) is 83.6 Å². The fourth-order valence-electron chi connectivity index (χ4n) is 2.80. The van der Waals surface area contributed by atoms with Crippen LogP contribution >= 0.6 is 0 Å². The molecular weight excluding hydrogens is 244 g/mol. The number of piperidine rings is 1. The molecule has 1 aliphatic rings. The number of nitrogens with two attached hydrogens (primary N) is 1. The molecule has 5 nitrogen and oxygen atoms in total. The number of likely N-dealkylation sites (tertiary alicyclic amines) is 1. The van der Waals surface area contributed by atoms with Gasteiger partial charge in [-0.2, -0.15) is 0 Å². The average molecular weight is 268 g/mol. The van der Waals surface area contributed by atoms with Gasteiger partial charge in [0, 0.05) is 13.1 Å². The van der Waals surface area contributed by atoms with Crippen molar-refractivity contribution in [3.8, 4) is 0 Å². The molecule has 1 saturated heterocycles. The van der Waals surface area contributed by atoms with Gasteiger partial charge in [0.1, 0.15) is 0 Å². The van der Waals surface area contributed by atoms with Crippen molar-refractivity contribution in [3.63, 3.8) is 0 Å². The van der Waals surface area contributed by atoms with Crippen LogP contribution in [0.1, 0.15) is 39.0 Å². The second kappa shape index (κ2) is 6.70. The Labute approximate surface area is 114 Å². The maximum absolute atomic E-state index is 12.2. The van der Waals surface area contributed by atoms with Gasteiger partial charge in [-0.1, -0.05) is 19.4 Å². The first-order valence-corrected chi connectivity index (χ1v) is 6.85. The van der Waals surface area contributed by atoms with E-state index in [1.165, 1.54) is 0 Å². The summed E-state index contributed by atoms with van der Waals surface area (Å²) in [6.45, 7) is 6.41. The first kappa shape index (κ1) is 15.7. The molecule has 0 aromatic heterocycles. The van der Waals surface area contributed by atoms with Crippen LogP contribution < -0.4 is 5.73 Å². The summed E-state index contributed by atoms with van der Waals surface area (Å²) in [5.41, 5.74) is 4.99. The molecule has 1 heterocycles. The molecule has 0 aromatic carbocycles. The summed E-state index contributed by atoms with van der Waals surface area (Å²) in [5, 5.41) is 9.48. The second-order valence-corrected chi connectivity index (χ2v) is 5.33. The Morgan fingerprint density at radius 2 is 2.26 bits per heavy atom.